The van der Waals surface area contributed by atoms with Crippen molar-refractivity contribution in [2.24, 2.45) is 11.8 Å². The van der Waals surface area contributed by atoms with E-state index in [1.54, 1.807) is 11.8 Å². The fraction of sp³-hybridized carbons (Fsp3) is 0.611. The van der Waals surface area contributed by atoms with Crippen molar-refractivity contribution >= 4 is 29.3 Å². The summed E-state index contributed by atoms with van der Waals surface area (Å²) in [4.78, 5) is 12.1. The molecule has 1 amide bonds. The molecule has 4 heteroatoms. The summed E-state index contributed by atoms with van der Waals surface area (Å²) < 4.78 is 0. The minimum Gasteiger partial charge on any atom is -0.353 e. The number of halogens is 1. The third-order valence-electron chi connectivity index (χ3n) is 4.71. The molecule has 0 aromatic heterocycles. The normalized spacial score (nSPS) is 25.0. The molecule has 0 saturated heterocycles. The summed E-state index contributed by atoms with van der Waals surface area (Å²) in [6.07, 6.45) is 4.28. The average Bonchev–Trinajstić information content (AvgIpc) is 2.50. The Labute approximate surface area is 143 Å². The van der Waals surface area contributed by atoms with Crippen molar-refractivity contribution in [3.8, 4) is 0 Å². The Morgan fingerprint density at radius 2 is 2.00 bits per heavy atom. The first-order chi connectivity index (χ1) is 10.6. The number of benzene rings is 1. The molecule has 0 unspecified atom stereocenters. The fourth-order valence-electron chi connectivity index (χ4n) is 3.00. The van der Waals surface area contributed by atoms with Gasteiger partial charge >= 0.3 is 0 Å². The van der Waals surface area contributed by atoms with Crippen LogP contribution in [0.5, 0.6) is 0 Å². The number of hydrogen-bond donors (Lipinski definition) is 1. The number of nitrogens with one attached hydrogen (secondary N) is 1. The predicted octanol–water partition coefficient (Wildman–Crippen LogP) is 4.90. The minimum atomic E-state index is 0.203. The molecule has 3 atom stereocenters. The molecule has 1 aromatic rings. The number of rotatable bonds is 6. The molecular weight excluding hydrogens is 314 g/mol. The Morgan fingerprint density at radius 3 is 2.73 bits per heavy atom. The summed E-state index contributed by atoms with van der Waals surface area (Å²) in [5.41, 5.74) is 1.25. The van der Waals surface area contributed by atoms with E-state index >= 15 is 0 Å². The number of amides is 1. The van der Waals surface area contributed by atoms with Crippen LogP contribution in [0.15, 0.2) is 24.3 Å². The van der Waals surface area contributed by atoms with Crippen LogP contribution in [0.1, 0.15) is 45.1 Å². The second-order valence-corrected chi connectivity index (χ2v) is 7.91. The molecule has 22 heavy (non-hydrogen) atoms. The largest absolute Gasteiger partial charge is 0.353 e. The number of hydrogen-bond acceptors (Lipinski definition) is 2. The van der Waals surface area contributed by atoms with Gasteiger partial charge in [0.15, 0.2) is 0 Å². The second kappa shape index (κ2) is 8.83. The third-order valence-corrected chi connectivity index (χ3v) is 5.99. The molecule has 0 aliphatic heterocycles. The van der Waals surface area contributed by atoms with Crippen LogP contribution in [-0.4, -0.2) is 17.7 Å². The molecule has 1 aromatic carbocycles. The number of carbonyl (C=O) groups is 1. The zero-order chi connectivity index (χ0) is 15.9. The zero-order valence-corrected chi connectivity index (χ0v) is 15.1. The lowest BCUT2D eigenvalue weighted by Gasteiger charge is -2.34. The van der Waals surface area contributed by atoms with Gasteiger partial charge in [-0.05, 0) is 36.0 Å². The van der Waals surface area contributed by atoms with Crippen LogP contribution < -0.4 is 5.32 Å². The van der Waals surface area contributed by atoms with E-state index in [2.05, 4.69) is 19.2 Å². The van der Waals surface area contributed by atoms with Crippen molar-refractivity contribution < 1.29 is 4.79 Å². The Balaban J connectivity index is 1.64. The van der Waals surface area contributed by atoms with E-state index in [4.69, 9.17) is 11.6 Å². The summed E-state index contributed by atoms with van der Waals surface area (Å²) >= 11 is 7.67. The molecule has 2 rings (SSSR count). The highest BCUT2D eigenvalue weighted by Crippen LogP contribution is 2.29. The second-order valence-electron chi connectivity index (χ2n) is 6.37. The van der Waals surface area contributed by atoms with E-state index in [0.29, 0.717) is 18.4 Å². The van der Waals surface area contributed by atoms with Crippen LogP contribution in [0.3, 0.4) is 0 Å². The summed E-state index contributed by atoms with van der Waals surface area (Å²) in [5.74, 6) is 3.32. The molecule has 1 fully saturated rings. The Morgan fingerprint density at radius 1 is 1.27 bits per heavy atom. The molecule has 0 bridgehead atoms. The molecule has 0 spiro atoms. The van der Waals surface area contributed by atoms with Crippen LogP contribution >= 0.6 is 23.4 Å². The molecule has 0 radical (unpaired) electrons. The van der Waals surface area contributed by atoms with Gasteiger partial charge in [-0.3, -0.25) is 4.79 Å². The van der Waals surface area contributed by atoms with E-state index in [1.165, 1.54) is 18.4 Å². The number of carbonyl (C=O) groups excluding carboxylic acids is 1. The van der Waals surface area contributed by atoms with Crippen LogP contribution in [0.25, 0.3) is 0 Å². The molecule has 122 valence electrons. The Kier molecular flexibility index (Phi) is 7.10. The average molecular weight is 340 g/mol. The lowest BCUT2D eigenvalue weighted by atomic mass is 9.78. The highest BCUT2D eigenvalue weighted by molar-refractivity contribution is 7.98. The fourth-order valence-corrected chi connectivity index (χ4v) is 4.03. The van der Waals surface area contributed by atoms with Gasteiger partial charge in [0.1, 0.15) is 0 Å². The van der Waals surface area contributed by atoms with E-state index < -0.39 is 0 Å². The smallest absolute Gasteiger partial charge is 0.221 e. The van der Waals surface area contributed by atoms with Crippen LogP contribution in [0.4, 0.5) is 0 Å². The van der Waals surface area contributed by atoms with Gasteiger partial charge in [0.2, 0.25) is 5.91 Å². The maximum Gasteiger partial charge on any atom is 0.221 e. The Bertz CT molecular complexity index is 476. The molecule has 0 heterocycles. The minimum absolute atomic E-state index is 0.203. The molecule has 1 aliphatic carbocycles. The summed E-state index contributed by atoms with van der Waals surface area (Å²) in [6.45, 7) is 4.56. The van der Waals surface area contributed by atoms with Gasteiger partial charge in [0.05, 0.1) is 0 Å². The molecule has 1 aliphatic rings. The number of thioether (sulfide) groups is 1. The van der Waals surface area contributed by atoms with Gasteiger partial charge in [-0.25, -0.2) is 0 Å². The highest BCUT2D eigenvalue weighted by atomic mass is 35.5. The van der Waals surface area contributed by atoms with Gasteiger partial charge in [-0.15, -0.1) is 0 Å². The third kappa shape index (κ3) is 5.51. The standard InChI is InChI=1S/C18H26ClNOS/c1-13-4-3-5-17(14(13)2)20-18(21)10-11-22-12-15-6-8-16(19)9-7-15/h6-9,13-14,17H,3-5,10-12H2,1-2H3,(H,20,21)/t13-,14-,17-/m1/s1. The van der Waals surface area contributed by atoms with Crippen LogP contribution in [-0.2, 0) is 10.5 Å². The van der Waals surface area contributed by atoms with E-state index in [-0.39, 0.29) is 5.91 Å². The van der Waals surface area contributed by atoms with Crippen molar-refractivity contribution in [2.75, 3.05) is 5.75 Å². The summed E-state index contributed by atoms with van der Waals surface area (Å²) in [7, 11) is 0. The monoisotopic (exact) mass is 339 g/mol. The van der Waals surface area contributed by atoms with Crippen LogP contribution in [0, 0.1) is 11.8 Å². The first-order valence-electron chi connectivity index (χ1n) is 8.18. The first-order valence-corrected chi connectivity index (χ1v) is 9.71. The molecule has 1 saturated carbocycles. The van der Waals surface area contributed by atoms with E-state index in [1.807, 2.05) is 24.3 Å². The van der Waals surface area contributed by atoms with Crippen LogP contribution in [0.2, 0.25) is 5.02 Å². The maximum absolute atomic E-state index is 12.1. The SMILES string of the molecule is C[C@@H]1[C@H](C)CCC[C@H]1NC(=O)CCSCc1ccc(Cl)cc1. The van der Waals surface area contributed by atoms with Crippen molar-refractivity contribution in [1.82, 2.24) is 5.32 Å². The lowest BCUT2D eigenvalue weighted by molar-refractivity contribution is -0.122. The predicted molar refractivity (Wildman–Crippen MR) is 96.3 cm³/mol. The van der Waals surface area contributed by atoms with Crippen molar-refractivity contribution in [3.05, 3.63) is 34.9 Å². The van der Waals surface area contributed by atoms with Gasteiger partial charge in [-0.1, -0.05) is 50.4 Å². The van der Waals surface area contributed by atoms with Crippen molar-refractivity contribution in [2.45, 2.75) is 51.3 Å². The lowest BCUT2D eigenvalue weighted by Crippen LogP contribution is -2.43. The summed E-state index contributed by atoms with van der Waals surface area (Å²) in [6, 6.07) is 8.28. The van der Waals surface area contributed by atoms with Crippen molar-refractivity contribution in [3.63, 3.8) is 0 Å². The quantitative estimate of drug-likeness (QED) is 0.746. The highest BCUT2D eigenvalue weighted by Gasteiger charge is 2.27. The topological polar surface area (TPSA) is 29.1 Å². The van der Waals surface area contributed by atoms with E-state index in [0.717, 1.165) is 28.9 Å². The van der Waals surface area contributed by atoms with Gasteiger partial charge < -0.3 is 5.32 Å². The van der Waals surface area contributed by atoms with Crippen molar-refractivity contribution in [1.29, 1.82) is 0 Å². The molecular formula is C18H26ClNOS. The molecule has 1 N–H and O–H groups in total. The first kappa shape index (κ1) is 17.7. The Hall–Kier alpha value is -0.670. The van der Waals surface area contributed by atoms with Gasteiger partial charge in [-0.2, -0.15) is 11.8 Å². The maximum atomic E-state index is 12.1. The summed E-state index contributed by atoms with van der Waals surface area (Å²) in [5, 5.41) is 4.00. The van der Waals surface area contributed by atoms with Gasteiger partial charge in [0.25, 0.3) is 0 Å². The molecule has 2 nitrogen and oxygen atoms in total. The van der Waals surface area contributed by atoms with E-state index in [9.17, 15) is 4.79 Å². The van der Waals surface area contributed by atoms with Gasteiger partial charge in [0, 0.05) is 29.0 Å². The zero-order valence-electron chi connectivity index (χ0n) is 13.5.